The number of benzene rings is 3. The van der Waals surface area contributed by atoms with Gasteiger partial charge < -0.3 is 15.8 Å². The van der Waals surface area contributed by atoms with E-state index in [4.69, 9.17) is 15.6 Å². The Balaban J connectivity index is 1.60. The number of halogens is 3. The number of hydrogen-bond donors (Lipinski definition) is 2. The fourth-order valence-electron chi connectivity index (χ4n) is 5.10. The number of carbonyl (C=O) groups excluding carboxylic acids is 1. The number of nitrogens with two attached hydrogens (primary N) is 1. The second kappa shape index (κ2) is 11.7. The average molecular weight is 564 g/mol. The lowest BCUT2D eigenvalue weighted by Crippen LogP contribution is -2.30. The highest BCUT2D eigenvalue weighted by Crippen LogP contribution is 2.37. The number of aromatic nitrogens is 2. The number of carbonyl (C=O) groups is 1. The van der Waals surface area contributed by atoms with Crippen LogP contribution >= 0.6 is 0 Å². The fraction of sp³-hybridized carbons (Fsp3) is 0.290. The number of ether oxygens (including phenoxy) is 1. The second-order valence-corrected chi connectivity index (χ2v) is 10.7. The molecule has 0 bridgehead atoms. The van der Waals surface area contributed by atoms with Gasteiger partial charge in [-0.05, 0) is 36.6 Å². The second-order valence-electron chi connectivity index (χ2n) is 10.7. The molecule has 1 aromatic heterocycles. The van der Waals surface area contributed by atoms with E-state index in [2.05, 4.69) is 19.2 Å². The summed E-state index contributed by atoms with van der Waals surface area (Å²) in [5, 5.41) is 7.60. The molecule has 3 N–H and O–H groups in total. The zero-order chi connectivity index (χ0) is 29.3. The topological polar surface area (TPSA) is 85.4 Å². The van der Waals surface area contributed by atoms with Crippen molar-refractivity contribution in [3.05, 3.63) is 94.4 Å². The van der Waals surface area contributed by atoms with Crippen molar-refractivity contribution in [2.45, 2.75) is 40.3 Å². The first-order valence-electron chi connectivity index (χ1n) is 13.5. The van der Waals surface area contributed by atoms with Gasteiger partial charge in [-0.15, -0.1) is 0 Å². The van der Waals surface area contributed by atoms with Crippen molar-refractivity contribution in [2.75, 3.05) is 18.5 Å². The van der Waals surface area contributed by atoms with E-state index >= 15 is 0 Å². The Bertz CT molecular complexity index is 1560. The van der Waals surface area contributed by atoms with Crippen LogP contribution in [0.15, 0.2) is 54.6 Å². The van der Waals surface area contributed by atoms with Gasteiger partial charge in [0.25, 0.3) is 0 Å². The molecule has 1 aliphatic rings. The molecule has 0 saturated heterocycles. The molecular weight excluding hydrogens is 531 g/mol. The fourth-order valence-corrected chi connectivity index (χ4v) is 5.10. The predicted molar refractivity (Wildman–Crippen MR) is 151 cm³/mol. The van der Waals surface area contributed by atoms with Crippen molar-refractivity contribution in [2.24, 2.45) is 11.7 Å². The van der Waals surface area contributed by atoms with Gasteiger partial charge in [0.1, 0.15) is 28.9 Å². The van der Waals surface area contributed by atoms with Crippen LogP contribution in [0.4, 0.5) is 23.7 Å². The van der Waals surface area contributed by atoms with Crippen LogP contribution < -0.4 is 15.8 Å². The van der Waals surface area contributed by atoms with Gasteiger partial charge in [-0.3, -0.25) is 4.90 Å². The maximum atomic E-state index is 14.5. The molecule has 0 aliphatic carbocycles. The van der Waals surface area contributed by atoms with Crippen molar-refractivity contribution >= 4 is 11.7 Å². The molecule has 0 spiro atoms. The van der Waals surface area contributed by atoms with E-state index in [1.165, 1.54) is 0 Å². The number of rotatable bonds is 8. The molecule has 0 unspecified atom stereocenters. The molecule has 2 amide bonds. The van der Waals surface area contributed by atoms with E-state index in [1.54, 1.807) is 12.1 Å². The molecule has 2 heterocycles. The predicted octanol–water partition coefficient (Wildman–Crippen LogP) is 6.35. The third-order valence-electron chi connectivity index (χ3n) is 7.01. The van der Waals surface area contributed by atoms with Gasteiger partial charge in [-0.25, -0.2) is 22.6 Å². The van der Waals surface area contributed by atoms with Crippen molar-refractivity contribution < 1.29 is 22.7 Å². The Labute approximate surface area is 236 Å². The number of aryl methyl sites for hydroxylation is 1. The monoisotopic (exact) mass is 563 g/mol. The maximum absolute atomic E-state index is 14.5. The number of urea groups is 1. The third kappa shape index (κ3) is 6.07. The third-order valence-corrected chi connectivity index (χ3v) is 7.01. The lowest BCUT2D eigenvalue weighted by molar-refractivity contribution is 0.237. The van der Waals surface area contributed by atoms with Gasteiger partial charge in [-0.2, -0.15) is 5.10 Å². The summed E-state index contributed by atoms with van der Waals surface area (Å²) in [5.41, 5.74) is 10.8. The van der Waals surface area contributed by atoms with Crippen LogP contribution in [0.1, 0.15) is 36.2 Å². The zero-order valence-electron chi connectivity index (χ0n) is 23.2. The Morgan fingerprint density at radius 2 is 1.80 bits per heavy atom. The summed E-state index contributed by atoms with van der Waals surface area (Å²) < 4.78 is 50.6. The van der Waals surface area contributed by atoms with E-state index in [0.717, 1.165) is 33.8 Å². The number of para-hydroxylation sites is 1. The van der Waals surface area contributed by atoms with Crippen molar-refractivity contribution in [1.29, 1.82) is 0 Å². The number of nitrogens with zero attached hydrogens (tertiary/aromatic N) is 3. The standard InChI is InChI=1S/C31H32F3N5O2/c1-18(2)17-41-28-6-4-5-19(3)29(28)39-30(20-7-9-22(10-8-20)36-31(35)40)24-16-38(12-11-27(24)37-39)15-23-25(33)13-21(32)14-26(23)34/h4-10,13-14,18H,11-12,15-17H2,1-3H3,(H3,35,36,40). The summed E-state index contributed by atoms with van der Waals surface area (Å²) in [6.07, 6.45) is 0.551. The average Bonchev–Trinajstić information content (AvgIpc) is 3.27. The first-order valence-corrected chi connectivity index (χ1v) is 13.5. The van der Waals surface area contributed by atoms with Gasteiger partial charge in [-0.1, -0.05) is 38.1 Å². The lowest BCUT2D eigenvalue weighted by Gasteiger charge is -2.27. The maximum Gasteiger partial charge on any atom is 0.316 e. The molecule has 5 rings (SSSR count). The Morgan fingerprint density at radius 1 is 1.10 bits per heavy atom. The van der Waals surface area contributed by atoms with E-state index in [9.17, 15) is 18.0 Å². The molecule has 0 radical (unpaired) electrons. The summed E-state index contributed by atoms with van der Waals surface area (Å²) in [6.45, 7) is 7.56. The van der Waals surface area contributed by atoms with Crippen LogP contribution in [0.5, 0.6) is 5.75 Å². The number of nitrogens with one attached hydrogen (secondary N) is 1. The summed E-state index contributed by atoms with van der Waals surface area (Å²) in [7, 11) is 0. The normalized spacial score (nSPS) is 13.3. The highest BCUT2D eigenvalue weighted by atomic mass is 19.1. The van der Waals surface area contributed by atoms with E-state index < -0.39 is 23.5 Å². The molecule has 41 heavy (non-hydrogen) atoms. The van der Waals surface area contributed by atoms with E-state index in [-0.39, 0.29) is 12.1 Å². The molecular formula is C31H32F3N5O2. The van der Waals surface area contributed by atoms with Crippen LogP contribution in [-0.4, -0.2) is 33.9 Å². The summed E-state index contributed by atoms with van der Waals surface area (Å²) in [5.74, 6) is -1.75. The molecule has 1 aliphatic heterocycles. The Kier molecular flexibility index (Phi) is 8.03. The van der Waals surface area contributed by atoms with Gasteiger partial charge >= 0.3 is 6.03 Å². The molecule has 0 fully saturated rings. The molecule has 3 aromatic carbocycles. The summed E-state index contributed by atoms with van der Waals surface area (Å²) in [6, 6.07) is 13.8. The smallest absolute Gasteiger partial charge is 0.316 e. The van der Waals surface area contributed by atoms with E-state index in [0.29, 0.717) is 55.6 Å². The number of fused-ring (bicyclic) bond motifs is 1. The quantitative estimate of drug-likeness (QED) is 0.262. The van der Waals surface area contributed by atoms with Crippen molar-refractivity contribution in [1.82, 2.24) is 14.7 Å². The van der Waals surface area contributed by atoms with Gasteiger partial charge in [0.05, 0.1) is 18.0 Å². The molecule has 10 heteroatoms. The van der Waals surface area contributed by atoms with Gasteiger partial charge in [0, 0.05) is 60.6 Å². The van der Waals surface area contributed by atoms with Crippen LogP contribution in [-0.2, 0) is 19.5 Å². The number of amides is 2. The Morgan fingerprint density at radius 3 is 2.46 bits per heavy atom. The SMILES string of the molecule is Cc1cccc(OCC(C)C)c1-n1nc2c(c1-c1ccc(NC(N)=O)cc1)CN(Cc1c(F)cc(F)cc1F)CC2. The van der Waals surface area contributed by atoms with Gasteiger partial charge in [0.2, 0.25) is 0 Å². The van der Waals surface area contributed by atoms with Crippen LogP contribution in [0, 0.1) is 30.3 Å². The van der Waals surface area contributed by atoms with E-state index in [1.807, 2.05) is 46.8 Å². The molecule has 4 aromatic rings. The minimum Gasteiger partial charge on any atom is -0.491 e. The molecule has 214 valence electrons. The van der Waals surface area contributed by atoms with Crippen LogP contribution in [0.3, 0.4) is 0 Å². The van der Waals surface area contributed by atoms with Crippen molar-refractivity contribution in [3.8, 4) is 22.7 Å². The molecule has 7 nitrogen and oxygen atoms in total. The Hall–Kier alpha value is -4.31. The highest BCUT2D eigenvalue weighted by Gasteiger charge is 2.29. The van der Waals surface area contributed by atoms with Crippen LogP contribution in [0.2, 0.25) is 0 Å². The van der Waals surface area contributed by atoms with Crippen LogP contribution in [0.25, 0.3) is 16.9 Å². The molecule has 0 saturated carbocycles. The minimum absolute atomic E-state index is 0.0173. The first-order chi connectivity index (χ1) is 19.6. The number of hydrogen-bond acceptors (Lipinski definition) is 4. The largest absolute Gasteiger partial charge is 0.491 e. The van der Waals surface area contributed by atoms with Crippen molar-refractivity contribution in [3.63, 3.8) is 0 Å². The summed E-state index contributed by atoms with van der Waals surface area (Å²) >= 11 is 0. The summed E-state index contributed by atoms with van der Waals surface area (Å²) in [4.78, 5) is 13.3. The highest BCUT2D eigenvalue weighted by molar-refractivity contribution is 5.88. The zero-order valence-corrected chi connectivity index (χ0v) is 23.2. The number of anilines is 1. The lowest BCUT2D eigenvalue weighted by atomic mass is 9.99. The first kappa shape index (κ1) is 28.2. The van der Waals surface area contributed by atoms with Gasteiger partial charge in [0.15, 0.2) is 0 Å². The number of primary amides is 1. The minimum atomic E-state index is -0.948. The molecule has 0 atom stereocenters.